The van der Waals surface area contributed by atoms with E-state index in [0.29, 0.717) is 6.42 Å². The van der Waals surface area contributed by atoms with Gasteiger partial charge in [-0.3, -0.25) is 4.57 Å². The van der Waals surface area contributed by atoms with Crippen molar-refractivity contribution in [1.29, 1.82) is 0 Å². The van der Waals surface area contributed by atoms with E-state index in [1.165, 1.54) is 6.08 Å². The third kappa shape index (κ3) is 0.935. The van der Waals surface area contributed by atoms with Gasteiger partial charge in [0.2, 0.25) is 0 Å². The maximum Gasteiger partial charge on any atom is 0.345 e. The van der Waals surface area contributed by atoms with E-state index in [0.717, 1.165) is 0 Å². The van der Waals surface area contributed by atoms with Crippen LogP contribution in [0.3, 0.4) is 0 Å². The van der Waals surface area contributed by atoms with Crippen molar-refractivity contribution >= 4 is 7.60 Å². The fourth-order valence-corrected chi connectivity index (χ4v) is 1.89. The Hall–Kier alpha value is -0.150. The first-order valence-electron chi connectivity index (χ1n) is 2.89. The molecule has 1 saturated carbocycles. The van der Waals surface area contributed by atoms with Gasteiger partial charge in [0.25, 0.3) is 0 Å². The smallest absolute Gasteiger partial charge is 0.323 e. The van der Waals surface area contributed by atoms with Gasteiger partial charge in [-0.1, -0.05) is 6.08 Å². The summed E-state index contributed by atoms with van der Waals surface area (Å²) in [5, 5.41) is -1.30. The van der Waals surface area contributed by atoms with Crippen LogP contribution in [-0.4, -0.2) is 15.1 Å². The molecule has 0 bridgehead atoms. The summed E-state index contributed by atoms with van der Waals surface area (Å²) in [7, 11) is -4.10. The average molecular weight is 163 g/mol. The Morgan fingerprint density at radius 3 is 2.40 bits per heavy atom. The van der Waals surface area contributed by atoms with Gasteiger partial charge in [0.05, 0.1) is 0 Å². The van der Waals surface area contributed by atoms with Crippen LogP contribution in [0.5, 0.6) is 0 Å². The molecule has 2 atom stereocenters. The number of rotatable bonds is 2. The Morgan fingerprint density at radius 2 is 2.30 bits per heavy atom. The third-order valence-corrected chi connectivity index (χ3v) is 3.45. The predicted octanol–water partition coefficient (Wildman–Crippen LogP) is 0.0250. The van der Waals surface area contributed by atoms with E-state index in [1.807, 2.05) is 0 Å². The lowest BCUT2D eigenvalue weighted by Gasteiger charge is -2.11. The molecular weight excluding hydrogens is 153 g/mol. The summed E-state index contributed by atoms with van der Waals surface area (Å²) >= 11 is 0. The van der Waals surface area contributed by atoms with Gasteiger partial charge >= 0.3 is 7.60 Å². The fourth-order valence-electron chi connectivity index (χ4n) is 0.916. The third-order valence-electron chi connectivity index (χ3n) is 1.86. The van der Waals surface area contributed by atoms with Gasteiger partial charge in [-0.05, 0) is 6.42 Å². The number of hydrogen-bond acceptors (Lipinski definition) is 2. The van der Waals surface area contributed by atoms with E-state index in [9.17, 15) is 4.57 Å². The second kappa shape index (κ2) is 1.92. The lowest BCUT2D eigenvalue weighted by atomic mass is 10.4. The molecule has 0 amide bonds. The molecule has 58 valence electrons. The van der Waals surface area contributed by atoms with Crippen molar-refractivity contribution in [1.82, 2.24) is 0 Å². The molecule has 1 rings (SSSR count). The largest absolute Gasteiger partial charge is 0.345 e. The fraction of sp³-hybridized carbons (Fsp3) is 0.600. The topological polar surface area (TPSA) is 83.6 Å². The molecule has 4 N–H and O–H groups in total. The molecule has 0 spiro atoms. The molecule has 4 nitrogen and oxygen atoms in total. The normalized spacial score (nSPS) is 39.3. The summed E-state index contributed by atoms with van der Waals surface area (Å²) in [6.45, 7) is 3.41. The monoisotopic (exact) mass is 163 g/mol. The maximum absolute atomic E-state index is 10.6. The van der Waals surface area contributed by atoms with E-state index in [2.05, 4.69) is 6.58 Å². The van der Waals surface area contributed by atoms with E-state index < -0.39 is 12.9 Å². The van der Waals surface area contributed by atoms with Crippen LogP contribution in [0.4, 0.5) is 0 Å². The second-order valence-electron chi connectivity index (χ2n) is 2.58. The van der Waals surface area contributed by atoms with Crippen molar-refractivity contribution in [2.24, 2.45) is 11.7 Å². The van der Waals surface area contributed by atoms with Crippen LogP contribution >= 0.6 is 7.60 Å². The first-order valence-corrected chi connectivity index (χ1v) is 4.50. The predicted molar refractivity (Wildman–Crippen MR) is 37.3 cm³/mol. The molecule has 0 saturated heterocycles. The highest BCUT2D eigenvalue weighted by molar-refractivity contribution is 7.54. The highest BCUT2D eigenvalue weighted by Gasteiger charge is 2.61. The zero-order chi connectivity index (χ0) is 7.99. The van der Waals surface area contributed by atoms with Gasteiger partial charge in [-0.25, -0.2) is 0 Å². The molecule has 0 unspecified atom stereocenters. The van der Waals surface area contributed by atoms with Crippen LogP contribution in [0.25, 0.3) is 0 Å². The second-order valence-corrected chi connectivity index (χ2v) is 4.50. The van der Waals surface area contributed by atoms with Gasteiger partial charge in [-0.2, -0.15) is 0 Å². The van der Waals surface area contributed by atoms with Crippen molar-refractivity contribution in [2.45, 2.75) is 11.7 Å². The standard InChI is InChI=1S/C5H10NO3P/c1-2-4-3-5(4,6)10(7,8)9/h2,4H,1,3,6H2,(H2,7,8,9)/t4-,5+/m1/s1. The minimum absolute atomic E-state index is 0.215. The Labute approximate surface area is 58.9 Å². The minimum Gasteiger partial charge on any atom is -0.323 e. The summed E-state index contributed by atoms with van der Waals surface area (Å²) in [5.41, 5.74) is 5.34. The molecule has 1 aliphatic rings. The molecule has 0 aromatic rings. The van der Waals surface area contributed by atoms with Crippen LogP contribution in [-0.2, 0) is 4.57 Å². The van der Waals surface area contributed by atoms with Crippen LogP contribution in [0.2, 0.25) is 0 Å². The highest BCUT2D eigenvalue weighted by atomic mass is 31.2. The molecular formula is C5H10NO3P. The van der Waals surface area contributed by atoms with Gasteiger partial charge < -0.3 is 15.5 Å². The number of nitrogens with two attached hydrogens (primary N) is 1. The Kier molecular flexibility index (Phi) is 1.53. The molecule has 0 aliphatic heterocycles. The summed E-state index contributed by atoms with van der Waals surface area (Å²) in [4.78, 5) is 17.3. The van der Waals surface area contributed by atoms with Crippen LogP contribution < -0.4 is 5.73 Å². The SMILES string of the molecule is C=C[C@@H]1C[C@]1(N)P(=O)(O)O. The van der Waals surface area contributed by atoms with E-state index in [4.69, 9.17) is 15.5 Å². The average Bonchev–Trinajstić information content (AvgIpc) is 2.41. The molecule has 0 radical (unpaired) electrons. The number of hydrogen-bond donors (Lipinski definition) is 3. The Bertz CT molecular complexity index is 211. The zero-order valence-corrected chi connectivity index (χ0v) is 6.29. The summed E-state index contributed by atoms with van der Waals surface area (Å²) in [6, 6.07) is 0. The van der Waals surface area contributed by atoms with Crippen LogP contribution in [0, 0.1) is 5.92 Å². The summed E-state index contributed by atoms with van der Waals surface area (Å²) < 4.78 is 10.6. The quantitative estimate of drug-likeness (QED) is 0.396. The van der Waals surface area contributed by atoms with Crippen molar-refractivity contribution < 1.29 is 14.4 Å². The van der Waals surface area contributed by atoms with Crippen LogP contribution in [0.15, 0.2) is 12.7 Å². The van der Waals surface area contributed by atoms with Gasteiger partial charge in [0.15, 0.2) is 0 Å². The maximum atomic E-state index is 10.6. The first kappa shape index (κ1) is 7.95. The molecule has 0 aromatic heterocycles. The first-order chi connectivity index (χ1) is 4.42. The van der Waals surface area contributed by atoms with E-state index in [-0.39, 0.29) is 5.92 Å². The molecule has 10 heavy (non-hydrogen) atoms. The molecule has 1 aliphatic carbocycles. The van der Waals surface area contributed by atoms with Gasteiger partial charge in [0.1, 0.15) is 5.28 Å². The van der Waals surface area contributed by atoms with Crippen molar-refractivity contribution in [2.75, 3.05) is 0 Å². The highest BCUT2D eigenvalue weighted by Crippen LogP contribution is 2.65. The Balaban J connectivity index is 2.77. The van der Waals surface area contributed by atoms with E-state index >= 15 is 0 Å². The molecule has 1 fully saturated rings. The lowest BCUT2D eigenvalue weighted by molar-refractivity contribution is 0.352. The summed E-state index contributed by atoms with van der Waals surface area (Å²) in [5.74, 6) is -0.215. The summed E-state index contributed by atoms with van der Waals surface area (Å²) in [6.07, 6.45) is 1.83. The van der Waals surface area contributed by atoms with Gasteiger partial charge in [0, 0.05) is 5.92 Å². The van der Waals surface area contributed by atoms with Crippen molar-refractivity contribution in [3.63, 3.8) is 0 Å². The van der Waals surface area contributed by atoms with Gasteiger partial charge in [-0.15, -0.1) is 6.58 Å². The molecule has 0 aromatic carbocycles. The molecule has 5 heteroatoms. The lowest BCUT2D eigenvalue weighted by Crippen LogP contribution is -2.24. The van der Waals surface area contributed by atoms with Crippen LogP contribution in [0.1, 0.15) is 6.42 Å². The Morgan fingerprint density at radius 1 is 1.80 bits per heavy atom. The zero-order valence-electron chi connectivity index (χ0n) is 5.40. The minimum atomic E-state index is -4.10. The van der Waals surface area contributed by atoms with E-state index in [1.54, 1.807) is 0 Å². The molecule has 0 heterocycles. The van der Waals surface area contributed by atoms with Crippen molar-refractivity contribution in [3.05, 3.63) is 12.7 Å². The van der Waals surface area contributed by atoms with Crippen molar-refractivity contribution in [3.8, 4) is 0 Å².